The van der Waals surface area contributed by atoms with Crippen molar-refractivity contribution < 1.29 is 19.8 Å². The van der Waals surface area contributed by atoms with Gasteiger partial charge in [0.1, 0.15) is 5.56 Å². The van der Waals surface area contributed by atoms with E-state index in [0.29, 0.717) is 13.0 Å². The Bertz CT molecular complexity index is 520. The fourth-order valence-electron chi connectivity index (χ4n) is 1.97. The highest BCUT2D eigenvalue weighted by Gasteiger charge is 2.25. The van der Waals surface area contributed by atoms with Crippen LogP contribution in [0, 0.1) is 0 Å². The summed E-state index contributed by atoms with van der Waals surface area (Å²) in [5, 5.41) is 21.0. The lowest BCUT2D eigenvalue weighted by atomic mass is 10.2. The Morgan fingerprint density at radius 3 is 2.74 bits per heavy atom. The Morgan fingerprint density at radius 1 is 1.42 bits per heavy atom. The van der Waals surface area contributed by atoms with Gasteiger partial charge in [0.25, 0.3) is 0 Å². The molecule has 1 aromatic carbocycles. The first kappa shape index (κ1) is 13.6. The number of hydrogen-bond donors (Lipinski definition) is 3. The lowest BCUT2D eigenvalue weighted by molar-refractivity contribution is 0.0698. The third-order valence-corrected chi connectivity index (χ3v) is 3.23. The molecule has 2 rings (SSSR count). The van der Waals surface area contributed by atoms with E-state index in [1.165, 1.54) is 17.0 Å². The number of nitrogens with one attached hydrogen (secondary N) is 1. The van der Waals surface area contributed by atoms with Gasteiger partial charge in [-0.15, -0.1) is 0 Å². The monoisotopic (exact) mass is 284 g/mol. The Hall–Kier alpha value is -1.79. The van der Waals surface area contributed by atoms with Crippen molar-refractivity contribution in [1.29, 1.82) is 0 Å². The molecular formula is C12H13ClN2O4. The number of amides is 2. The van der Waals surface area contributed by atoms with Crippen molar-refractivity contribution >= 4 is 29.3 Å². The minimum Gasteiger partial charge on any atom is -0.478 e. The molecule has 1 saturated heterocycles. The van der Waals surface area contributed by atoms with Crippen LogP contribution in [-0.2, 0) is 0 Å². The standard InChI is InChI=1S/C12H13ClN2O4/c13-8-2-1-3-9(10(8)11(17)18)14-12(19)15-5-4-7(16)6-15/h1-3,7,16H,4-6H2,(H,14,19)(H,17,18). The van der Waals surface area contributed by atoms with Gasteiger partial charge in [0.05, 0.1) is 16.8 Å². The summed E-state index contributed by atoms with van der Waals surface area (Å²) in [6.07, 6.45) is -0.00145. The number of hydrogen-bond acceptors (Lipinski definition) is 3. The lowest BCUT2D eigenvalue weighted by Gasteiger charge is -2.17. The van der Waals surface area contributed by atoms with Crippen molar-refractivity contribution in [1.82, 2.24) is 4.90 Å². The molecule has 102 valence electrons. The van der Waals surface area contributed by atoms with Crippen molar-refractivity contribution in [2.45, 2.75) is 12.5 Å². The number of aliphatic hydroxyl groups is 1. The zero-order chi connectivity index (χ0) is 14.0. The number of β-amino-alcohol motifs (C(OH)–C–C–N with tert-alkyl or cyclic N) is 1. The number of carboxylic acid groups (broad SMARTS) is 1. The van der Waals surface area contributed by atoms with Gasteiger partial charge in [-0.1, -0.05) is 17.7 Å². The van der Waals surface area contributed by atoms with Crippen LogP contribution in [0.5, 0.6) is 0 Å². The van der Waals surface area contributed by atoms with Crippen LogP contribution in [0.15, 0.2) is 18.2 Å². The number of likely N-dealkylation sites (tertiary alicyclic amines) is 1. The maximum absolute atomic E-state index is 11.9. The molecule has 1 aromatic rings. The van der Waals surface area contributed by atoms with Crippen molar-refractivity contribution in [2.75, 3.05) is 18.4 Å². The molecule has 1 heterocycles. The number of carbonyl (C=O) groups excluding carboxylic acids is 1. The van der Waals surface area contributed by atoms with Crippen LogP contribution < -0.4 is 5.32 Å². The molecule has 1 atom stereocenters. The Labute approximate surface area is 114 Å². The number of urea groups is 1. The molecule has 6 nitrogen and oxygen atoms in total. The van der Waals surface area contributed by atoms with Gasteiger partial charge in [0.2, 0.25) is 0 Å². The number of nitrogens with zero attached hydrogens (tertiary/aromatic N) is 1. The number of halogens is 1. The topological polar surface area (TPSA) is 89.9 Å². The number of benzene rings is 1. The second-order valence-electron chi connectivity index (χ2n) is 4.29. The fourth-order valence-corrected chi connectivity index (χ4v) is 2.22. The van der Waals surface area contributed by atoms with E-state index in [2.05, 4.69) is 5.32 Å². The van der Waals surface area contributed by atoms with E-state index in [9.17, 15) is 14.7 Å². The molecule has 0 aliphatic carbocycles. The van der Waals surface area contributed by atoms with Gasteiger partial charge < -0.3 is 20.4 Å². The van der Waals surface area contributed by atoms with Crippen LogP contribution in [-0.4, -0.2) is 46.3 Å². The van der Waals surface area contributed by atoms with Crippen molar-refractivity contribution in [3.63, 3.8) is 0 Å². The SMILES string of the molecule is O=C(O)c1c(Cl)cccc1NC(=O)N1CCC(O)C1. The molecule has 1 unspecified atom stereocenters. The van der Waals surface area contributed by atoms with Gasteiger partial charge in [-0.3, -0.25) is 0 Å². The van der Waals surface area contributed by atoms with Gasteiger partial charge in [-0.2, -0.15) is 0 Å². The minimum atomic E-state index is -1.21. The molecule has 0 spiro atoms. The van der Waals surface area contributed by atoms with Crippen molar-refractivity contribution in [2.24, 2.45) is 0 Å². The summed E-state index contributed by atoms with van der Waals surface area (Å²) >= 11 is 5.80. The Morgan fingerprint density at radius 2 is 2.16 bits per heavy atom. The molecule has 0 aromatic heterocycles. The van der Waals surface area contributed by atoms with Gasteiger partial charge >= 0.3 is 12.0 Å². The highest BCUT2D eigenvalue weighted by molar-refractivity contribution is 6.34. The molecule has 0 bridgehead atoms. The quantitative estimate of drug-likeness (QED) is 0.770. The molecular weight excluding hydrogens is 272 g/mol. The van der Waals surface area contributed by atoms with E-state index in [-0.39, 0.29) is 22.8 Å². The first-order valence-corrected chi connectivity index (χ1v) is 6.12. The summed E-state index contributed by atoms with van der Waals surface area (Å²) < 4.78 is 0. The highest BCUT2D eigenvalue weighted by Crippen LogP contribution is 2.25. The highest BCUT2D eigenvalue weighted by atomic mass is 35.5. The summed E-state index contributed by atoms with van der Waals surface area (Å²) in [5.41, 5.74) is 0.00338. The number of rotatable bonds is 2. The molecule has 2 amide bonds. The van der Waals surface area contributed by atoms with Gasteiger partial charge in [0, 0.05) is 13.1 Å². The van der Waals surface area contributed by atoms with Crippen LogP contribution in [0.3, 0.4) is 0 Å². The summed E-state index contributed by atoms with van der Waals surface area (Å²) in [4.78, 5) is 24.4. The average molecular weight is 285 g/mol. The number of carboxylic acids is 1. The lowest BCUT2D eigenvalue weighted by Crippen LogP contribution is -2.34. The molecule has 0 saturated carbocycles. The fraction of sp³-hybridized carbons (Fsp3) is 0.333. The van der Waals surface area contributed by atoms with Gasteiger partial charge in [0.15, 0.2) is 0 Å². The average Bonchev–Trinajstić information content (AvgIpc) is 2.75. The summed E-state index contributed by atoms with van der Waals surface area (Å²) in [7, 11) is 0. The van der Waals surface area contributed by atoms with E-state index in [0.717, 1.165) is 0 Å². The molecule has 0 radical (unpaired) electrons. The summed E-state index contributed by atoms with van der Waals surface area (Å²) in [6.45, 7) is 0.685. The van der Waals surface area contributed by atoms with Crippen LogP contribution in [0.25, 0.3) is 0 Å². The van der Waals surface area contributed by atoms with E-state index < -0.39 is 18.1 Å². The molecule has 19 heavy (non-hydrogen) atoms. The Balaban J connectivity index is 2.17. The first-order chi connectivity index (χ1) is 8.99. The number of carbonyl (C=O) groups is 2. The summed E-state index contributed by atoms with van der Waals surface area (Å²) in [6, 6.07) is 4.03. The third kappa shape index (κ3) is 2.97. The van der Waals surface area contributed by atoms with E-state index >= 15 is 0 Å². The molecule has 1 aliphatic heterocycles. The summed E-state index contributed by atoms with van der Waals surface area (Å²) in [5.74, 6) is -1.21. The number of anilines is 1. The van der Waals surface area contributed by atoms with Crippen LogP contribution in [0.4, 0.5) is 10.5 Å². The van der Waals surface area contributed by atoms with Crippen molar-refractivity contribution in [3.8, 4) is 0 Å². The minimum absolute atomic E-state index is 0.0618. The van der Waals surface area contributed by atoms with Gasteiger partial charge in [-0.25, -0.2) is 9.59 Å². The first-order valence-electron chi connectivity index (χ1n) is 5.75. The normalized spacial score (nSPS) is 18.4. The van der Waals surface area contributed by atoms with E-state index in [1.54, 1.807) is 6.07 Å². The predicted octanol–water partition coefficient (Wildman–Crippen LogP) is 1.64. The number of aliphatic hydroxyl groups excluding tert-OH is 1. The molecule has 1 fully saturated rings. The molecule has 3 N–H and O–H groups in total. The maximum atomic E-state index is 11.9. The Kier molecular flexibility index (Phi) is 3.92. The second kappa shape index (κ2) is 5.46. The zero-order valence-electron chi connectivity index (χ0n) is 9.97. The van der Waals surface area contributed by atoms with Crippen LogP contribution >= 0.6 is 11.6 Å². The van der Waals surface area contributed by atoms with E-state index in [4.69, 9.17) is 16.7 Å². The molecule has 1 aliphatic rings. The maximum Gasteiger partial charge on any atom is 0.339 e. The third-order valence-electron chi connectivity index (χ3n) is 2.92. The second-order valence-corrected chi connectivity index (χ2v) is 4.69. The number of aromatic carboxylic acids is 1. The zero-order valence-corrected chi connectivity index (χ0v) is 10.7. The van der Waals surface area contributed by atoms with Crippen LogP contribution in [0.1, 0.15) is 16.8 Å². The van der Waals surface area contributed by atoms with Gasteiger partial charge in [-0.05, 0) is 18.6 Å². The van der Waals surface area contributed by atoms with Crippen LogP contribution in [0.2, 0.25) is 5.02 Å². The predicted molar refractivity (Wildman–Crippen MR) is 69.6 cm³/mol. The van der Waals surface area contributed by atoms with E-state index in [1.807, 2.05) is 0 Å². The van der Waals surface area contributed by atoms with Crippen molar-refractivity contribution in [3.05, 3.63) is 28.8 Å². The largest absolute Gasteiger partial charge is 0.478 e. The smallest absolute Gasteiger partial charge is 0.339 e. The molecule has 7 heteroatoms.